The monoisotopic (exact) mass is 491 g/mol. The predicted molar refractivity (Wildman–Crippen MR) is 123 cm³/mol. The number of hydrogen-bond acceptors (Lipinski definition) is 5. The molecule has 1 aliphatic heterocycles. The second kappa shape index (κ2) is 13.0. The van der Waals surface area contributed by atoms with Gasteiger partial charge in [0.1, 0.15) is 5.75 Å². The summed E-state index contributed by atoms with van der Waals surface area (Å²) in [7, 11) is 7.36. The van der Waals surface area contributed by atoms with Crippen molar-refractivity contribution in [2.45, 2.75) is 12.5 Å². The number of likely N-dealkylation sites (N-methyl/N-ethyl adjacent to an activating group) is 1. The van der Waals surface area contributed by atoms with Gasteiger partial charge in [-0.05, 0) is 25.6 Å². The molecule has 0 spiro atoms. The van der Waals surface area contributed by atoms with Gasteiger partial charge in [0.15, 0.2) is 5.96 Å². The summed E-state index contributed by atoms with van der Waals surface area (Å²) in [5.41, 5.74) is 1.15. The lowest BCUT2D eigenvalue weighted by molar-refractivity contribution is 0.162. The summed E-state index contributed by atoms with van der Waals surface area (Å²) >= 11 is 0. The van der Waals surface area contributed by atoms with Crippen molar-refractivity contribution in [3.8, 4) is 5.75 Å². The van der Waals surface area contributed by atoms with E-state index in [4.69, 9.17) is 9.47 Å². The fourth-order valence-corrected chi connectivity index (χ4v) is 3.10. The first-order chi connectivity index (χ1) is 12.7. The van der Waals surface area contributed by atoms with Crippen LogP contribution in [-0.4, -0.2) is 84.5 Å². The molecule has 0 saturated carbocycles. The van der Waals surface area contributed by atoms with Gasteiger partial charge in [0.25, 0.3) is 0 Å². The maximum Gasteiger partial charge on any atom is 0.191 e. The molecular weight excluding hydrogens is 457 g/mol. The van der Waals surface area contributed by atoms with Crippen LogP contribution < -0.4 is 20.3 Å². The van der Waals surface area contributed by atoms with Crippen molar-refractivity contribution in [2.24, 2.45) is 4.99 Å². The zero-order valence-electron chi connectivity index (χ0n) is 16.9. The van der Waals surface area contributed by atoms with E-state index in [-0.39, 0.29) is 24.0 Å². The number of benzene rings is 1. The SMILES string of the molecule is CN=C(NCCN(C)CCOC)NC1CCN(c2ccccc2OC)C1.I. The topological polar surface area (TPSA) is 61.4 Å². The highest BCUT2D eigenvalue weighted by Gasteiger charge is 2.25. The number of methoxy groups -OCH3 is 2. The molecule has 0 radical (unpaired) electrons. The number of guanidine groups is 1. The molecule has 0 aromatic heterocycles. The molecule has 0 bridgehead atoms. The zero-order chi connectivity index (χ0) is 18.8. The van der Waals surface area contributed by atoms with Crippen LogP contribution in [0.25, 0.3) is 0 Å². The van der Waals surface area contributed by atoms with Crippen LogP contribution in [-0.2, 0) is 4.74 Å². The summed E-state index contributed by atoms with van der Waals surface area (Å²) in [5.74, 6) is 1.78. The minimum atomic E-state index is 0. The van der Waals surface area contributed by atoms with Crippen molar-refractivity contribution in [3.63, 3.8) is 0 Å². The maximum absolute atomic E-state index is 5.49. The second-order valence-electron chi connectivity index (χ2n) is 6.54. The molecule has 0 amide bonds. The summed E-state index contributed by atoms with van der Waals surface area (Å²) in [6.45, 7) is 5.43. The Labute approximate surface area is 180 Å². The Morgan fingerprint density at radius 1 is 1.30 bits per heavy atom. The van der Waals surface area contributed by atoms with Crippen molar-refractivity contribution in [2.75, 3.05) is 72.5 Å². The molecule has 1 heterocycles. The van der Waals surface area contributed by atoms with Crippen LogP contribution in [0, 0.1) is 0 Å². The molecular formula is C19H34IN5O2. The lowest BCUT2D eigenvalue weighted by atomic mass is 10.2. The van der Waals surface area contributed by atoms with Crippen molar-refractivity contribution in [1.82, 2.24) is 15.5 Å². The zero-order valence-corrected chi connectivity index (χ0v) is 19.2. The van der Waals surface area contributed by atoms with Crippen LogP contribution in [0.15, 0.2) is 29.3 Å². The van der Waals surface area contributed by atoms with Crippen LogP contribution in [0.1, 0.15) is 6.42 Å². The number of nitrogens with one attached hydrogen (secondary N) is 2. The maximum atomic E-state index is 5.49. The standard InChI is InChI=1S/C19H33N5O2.HI/c1-20-19(21-10-12-23(2)13-14-25-3)22-16-9-11-24(15-16)17-7-5-6-8-18(17)26-4;/h5-8,16H,9-15H2,1-4H3,(H2,20,21,22);1H. The number of rotatable bonds is 9. The molecule has 1 atom stereocenters. The number of para-hydroxylation sites is 2. The van der Waals surface area contributed by atoms with Crippen LogP contribution in [0.4, 0.5) is 5.69 Å². The molecule has 8 heteroatoms. The molecule has 27 heavy (non-hydrogen) atoms. The number of hydrogen-bond donors (Lipinski definition) is 2. The molecule has 1 aliphatic rings. The summed E-state index contributed by atoms with van der Waals surface area (Å²) in [6.07, 6.45) is 1.08. The minimum Gasteiger partial charge on any atom is -0.495 e. The van der Waals surface area contributed by atoms with Gasteiger partial charge in [-0.2, -0.15) is 0 Å². The predicted octanol–water partition coefficient (Wildman–Crippen LogP) is 1.64. The third kappa shape index (κ3) is 7.71. The smallest absolute Gasteiger partial charge is 0.191 e. The Hall–Kier alpha value is -1.26. The van der Waals surface area contributed by atoms with Crippen LogP contribution in [0.5, 0.6) is 5.75 Å². The fraction of sp³-hybridized carbons (Fsp3) is 0.632. The molecule has 1 fully saturated rings. The average Bonchev–Trinajstić information content (AvgIpc) is 3.13. The highest BCUT2D eigenvalue weighted by atomic mass is 127. The van der Waals surface area contributed by atoms with Gasteiger partial charge in [0.05, 0.1) is 19.4 Å². The van der Waals surface area contributed by atoms with E-state index < -0.39 is 0 Å². The number of ether oxygens (including phenoxy) is 2. The van der Waals surface area contributed by atoms with Crippen LogP contribution in [0.3, 0.4) is 0 Å². The van der Waals surface area contributed by atoms with Crippen molar-refractivity contribution >= 4 is 35.6 Å². The lowest BCUT2D eigenvalue weighted by Crippen LogP contribution is -2.46. The van der Waals surface area contributed by atoms with Gasteiger partial charge in [-0.15, -0.1) is 24.0 Å². The Balaban J connectivity index is 0.00000364. The van der Waals surface area contributed by atoms with E-state index in [2.05, 4.69) is 44.6 Å². The first kappa shape index (κ1) is 23.8. The number of halogens is 1. The van der Waals surface area contributed by atoms with E-state index in [0.29, 0.717) is 6.04 Å². The van der Waals surface area contributed by atoms with E-state index in [1.807, 2.05) is 19.2 Å². The Kier molecular flexibility index (Phi) is 11.5. The Morgan fingerprint density at radius 2 is 2.07 bits per heavy atom. The Bertz CT molecular complexity index is 573. The van der Waals surface area contributed by atoms with Crippen LogP contribution >= 0.6 is 24.0 Å². The third-order valence-electron chi connectivity index (χ3n) is 4.64. The quantitative estimate of drug-likeness (QED) is 0.311. The van der Waals surface area contributed by atoms with E-state index in [1.54, 1.807) is 14.2 Å². The second-order valence-corrected chi connectivity index (χ2v) is 6.54. The molecule has 0 aliphatic carbocycles. The van der Waals surface area contributed by atoms with Gasteiger partial charge in [-0.1, -0.05) is 12.1 Å². The van der Waals surface area contributed by atoms with E-state index in [1.165, 1.54) is 0 Å². The average molecular weight is 491 g/mol. The Morgan fingerprint density at radius 3 is 2.78 bits per heavy atom. The minimum absolute atomic E-state index is 0. The van der Waals surface area contributed by atoms with E-state index in [0.717, 1.165) is 63.1 Å². The molecule has 1 saturated heterocycles. The highest BCUT2D eigenvalue weighted by Crippen LogP contribution is 2.30. The normalized spacial score (nSPS) is 17.0. The molecule has 154 valence electrons. The highest BCUT2D eigenvalue weighted by molar-refractivity contribution is 14.0. The van der Waals surface area contributed by atoms with Crippen molar-refractivity contribution < 1.29 is 9.47 Å². The van der Waals surface area contributed by atoms with E-state index >= 15 is 0 Å². The molecule has 1 unspecified atom stereocenters. The largest absolute Gasteiger partial charge is 0.495 e. The molecule has 7 nitrogen and oxygen atoms in total. The van der Waals surface area contributed by atoms with E-state index in [9.17, 15) is 0 Å². The summed E-state index contributed by atoms with van der Waals surface area (Å²) < 4.78 is 10.6. The number of aliphatic imine (C=N–C) groups is 1. The van der Waals surface area contributed by atoms with Gasteiger partial charge in [0, 0.05) is 52.9 Å². The van der Waals surface area contributed by atoms with Crippen LogP contribution in [0.2, 0.25) is 0 Å². The molecule has 2 rings (SSSR count). The number of nitrogens with zero attached hydrogens (tertiary/aromatic N) is 3. The molecule has 2 N–H and O–H groups in total. The van der Waals surface area contributed by atoms with Crippen molar-refractivity contribution in [3.05, 3.63) is 24.3 Å². The molecule has 1 aromatic rings. The summed E-state index contributed by atoms with van der Waals surface area (Å²) in [4.78, 5) is 8.95. The fourth-order valence-electron chi connectivity index (χ4n) is 3.10. The van der Waals surface area contributed by atoms with Gasteiger partial charge in [-0.3, -0.25) is 4.99 Å². The first-order valence-electron chi connectivity index (χ1n) is 9.20. The summed E-state index contributed by atoms with van der Waals surface area (Å²) in [6, 6.07) is 8.56. The third-order valence-corrected chi connectivity index (χ3v) is 4.64. The van der Waals surface area contributed by atoms with Crippen molar-refractivity contribution in [1.29, 1.82) is 0 Å². The lowest BCUT2D eigenvalue weighted by Gasteiger charge is -2.22. The van der Waals surface area contributed by atoms with Gasteiger partial charge >= 0.3 is 0 Å². The first-order valence-corrected chi connectivity index (χ1v) is 9.20. The van der Waals surface area contributed by atoms with Gasteiger partial charge < -0.3 is 29.9 Å². The summed E-state index contributed by atoms with van der Waals surface area (Å²) in [5, 5.41) is 6.93. The van der Waals surface area contributed by atoms with Gasteiger partial charge in [-0.25, -0.2) is 0 Å². The number of anilines is 1. The van der Waals surface area contributed by atoms with Gasteiger partial charge in [0.2, 0.25) is 0 Å². The molecule has 1 aromatic carbocycles.